The van der Waals surface area contributed by atoms with Crippen LogP contribution in [-0.2, 0) is 4.74 Å². The summed E-state index contributed by atoms with van der Waals surface area (Å²) in [5.74, 6) is 0. The van der Waals surface area contributed by atoms with Gasteiger partial charge in [-0.15, -0.1) is 12.4 Å². The van der Waals surface area contributed by atoms with Gasteiger partial charge in [0, 0.05) is 19.1 Å². The molecule has 0 spiro atoms. The molecule has 1 aliphatic heterocycles. The lowest BCUT2D eigenvalue weighted by Gasteiger charge is -2.27. The molecule has 102 valence electrons. The monoisotopic (exact) mass is 266 g/mol. The van der Waals surface area contributed by atoms with E-state index in [9.17, 15) is 4.79 Å². The van der Waals surface area contributed by atoms with Gasteiger partial charge in [-0.25, -0.2) is 4.79 Å². The van der Waals surface area contributed by atoms with E-state index in [1.165, 1.54) is 0 Å². The molecule has 17 heavy (non-hydrogen) atoms. The number of halogens is 1. The number of nitrogens with one attached hydrogen (secondary N) is 1. The Labute approximate surface area is 109 Å². The Morgan fingerprint density at radius 2 is 2.18 bits per heavy atom. The highest BCUT2D eigenvalue weighted by atomic mass is 35.5. The summed E-state index contributed by atoms with van der Waals surface area (Å²) in [7, 11) is 0. The third-order valence-corrected chi connectivity index (χ3v) is 2.35. The van der Waals surface area contributed by atoms with E-state index in [-0.39, 0.29) is 31.1 Å². The highest BCUT2D eigenvalue weighted by Crippen LogP contribution is 2.11. The minimum Gasteiger partial charge on any atom is -0.444 e. The zero-order chi connectivity index (χ0) is 12.2. The zero-order valence-electron chi connectivity index (χ0n) is 10.7. The average Bonchev–Trinajstić information content (AvgIpc) is 2.39. The van der Waals surface area contributed by atoms with Crippen LogP contribution < -0.4 is 5.32 Å². The molecule has 6 heteroatoms. The molecule has 0 aromatic rings. The molecule has 5 nitrogen and oxygen atoms in total. The van der Waals surface area contributed by atoms with Gasteiger partial charge >= 0.3 is 6.09 Å². The summed E-state index contributed by atoms with van der Waals surface area (Å²) < 4.78 is 5.30. The first kappa shape index (κ1) is 16.5. The van der Waals surface area contributed by atoms with E-state index >= 15 is 0 Å². The van der Waals surface area contributed by atoms with Crippen LogP contribution in [0.25, 0.3) is 0 Å². The lowest BCUT2D eigenvalue weighted by molar-refractivity contribution is 0.0237. The molecule has 0 bridgehead atoms. The summed E-state index contributed by atoms with van der Waals surface area (Å²) in [6.45, 7) is 7.60. The maximum absolute atomic E-state index is 11.8. The van der Waals surface area contributed by atoms with Crippen molar-refractivity contribution in [2.24, 2.45) is 0 Å². The van der Waals surface area contributed by atoms with Crippen LogP contribution in [0.4, 0.5) is 4.79 Å². The Balaban J connectivity index is 0.00000256. The van der Waals surface area contributed by atoms with Crippen molar-refractivity contribution >= 4 is 18.5 Å². The molecule has 0 aromatic carbocycles. The van der Waals surface area contributed by atoms with E-state index in [4.69, 9.17) is 9.84 Å². The van der Waals surface area contributed by atoms with E-state index in [0.717, 1.165) is 13.0 Å². The first-order valence-corrected chi connectivity index (χ1v) is 5.74. The van der Waals surface area contributed by atoms with Crippen molar-refractivity contribution in [1.29, 1.82) is 0 Å². The topological polar surface area (TPSA) is 61.8 Å². The summed E-state index contributed by atoms with van der Waals surface area (Å²) in [6, 6.07) is -0.0463. The molecule has 1 saturated heterocycles. The molecular weight excluding hydrogens is 244 g/mol. The van der Waals surface area contributed by atoms with Gasteiger partial charge in [0.05, 0.1) is 6.61 Å². The van der Waals surface area contributed by atoms with Gasteiger partial charge in [0.15, 0.2) is 0 Å². The minimum absolute atomic E-state index is 0. The Kier molecular flexibility index (Phi) is 6.82. The van der Waals surface area contributed by atoms with Gasteiger partial charge in [-0.1, -0.05) is 0 Å². The molecule has 0 aliphatic carbocycles. The number of hydrogen-bond donors (Lipinski definition) is 2. The number of carbonyl (C=O) groups is 1. The smallest absolute Gasteiger partial charge is 0.410 e. The number of hydrogen-bond acceptors (Lipinski definition) is 4. The van der Waals surface area contributed by atoms with Crippen LogP contribution in [0.3, 0.4) is 0 Å². The fourth-order valence-corrected chi connectivity index (χ4v) is 1.61. The van der Waals surface area contributed by atoms with Crippen molar-refractivity contribution in [3.8, 4) is 0 Å². The lowest BCUT2D eigenvalue weighted by atomic mass is 10.2. The largest absolute Gasteiger partial charge is 0.444 e. The second-order valence-corrected chi connectivity index (χ2v) is 5.11. The number of aliphatic hydroxyl groups is 1. The third kappa shape index (κ3) is 6.10. The number of aliphatic hydroxyl groups excluding tert-OH is 1. The predicted octanol–water partition coefficient (Wildman–Crippen LogP) is 0.999. The van der Waals surface area contributed by atoms with Gasteiger partial charge in [-0.2, -0.15) is 0 Å². The SMILES string of the molecule is CC(C)(C)OC(=O)N1CCCNC(CO)C1.Cl. The van der Waals surface area contributed by atoms with Gasteiger partial charge in [0.1, 0.15) is 5.60 Å². The molecule has 1 unspecified atom stereocenters. The van der Waals surface area contributed by atoms with E-state index in [1.807, 2.05) is 20.8 Å². The van der Waals surface area contributed by atoms with E-state index in [1.54, 1.807) is 4.90 Å². The van der Waals surface area contributed by atoms with Crippen LogP contribution in [0.15, 0.2) is 0 Å². The molecular formula is C11H23ClN2O3. The summed E-state index contributed by atoms with van der Waals surface area (Å²) >= 11 is 0. The second kappa shape index (κ2) is 7.03. The first-order valence-electron chi connectivity index (χ1n) is 5.74. The van der Waals surface area contributed by atoms with Gasteiger partial charge in [-0.05, 0) is 33.7 Å². The minimum atomic E-state index is -0.467. The molecule has 1 rings (SSSR count). The van der Waals surface area contributed by atoms with Crippen molar-refractivity contribution in [3.63, 3.8) is 0 Å². The summed E-state index contributed by atoms with van der Waals surface area (Å²) in [5, 5.41) is 12.3. The van der Waals surface area contributed by atoms with Crippen LogP contribution in [0.1, 0.15) is 27.2 Å². The van der Waals surface area contributed by atoms with Crippen molar-refractivity contribution in [1.82, 2.24) is 10.2 Å². The lowest BCUT2D eigenvalue weighted by Crippen LogP contribution is -2.44. The maximum Gasteiger partial charge on any atom is 0.410 e. The number of ether oxygens (including phenoxy) is 1. The van der Waals surface area contributed by atoms with Crippen molar-refractivity contribution < 1.29 is 14.6 Å². The summed E-state index contributed by atoms with van der Waals surface area (Å²) in [5.41, 5.74) is -0.467. The van der Waals surface area contributed by atoms with Gasteiger partial charge in [0.25, 0.3) is 0 Å². The van der Waals surface area contributed by atoms with Crippen molar-refractivity contribution in [3.05, 3.63) is 0 Å². The zero-order valence-corrected chi connectivity index (χ0v) is 11.5. The first-order chi connectivity index (χ1) is 7.42. The molecule has 1 aliphatic rings. The standard InChI is InChI=1S/C11H22N2O3.ClH/c1-11(2,3)16-10(15)13-6-4-5-12-9(7-13)8-14;/h9,12,14H,4-8H2,1-3H3;1H. The normalized spacial score (nSPS) is 21.4. The van der Waals surface area contributed by atoms with Crippen LogP contribution in [0, 0.1) is 0 Å². The van der Waals surface area contributed by atoms with Crippen molar-refractivity contribution in [2.45, 2.75) is 38.8 Å². The highest BCUT2D eigenvalue weighted by Gasteiger charge is 2.25. The molecule has 0 saturated carbocycles. The number of carbonyl (C=O) groups excluding carboxylic acids is 1. The van der Waals surface area contributed by atoms with Crippen LogP contribution in [-0.4, -0.2) is 54.0 Å². The molecule has 1 atom stereocenters. The fourth-order valence-electron chi connectivity index (χ4n) is 1.61. The van der Waals surface area contributed by atoms with Gasteiger partial charge < -0.3 is 20.1 Å². The number of amides is 1. The Morgan fingerprint density at radius 1 is 1.53 bits per heavy atom. The second-order valence-electron chi connectivity index (χ2n) is 5.11. The number of nitrogens with zero attached hydrogens (tertiary/aromatic N) is 1. The van der Waals surface area contributed by atoms with Crippen molar-refractivity contribution in [2.75, 3.05) is 26.2 Å². The highest BCUT2D eigenvalue weighted by molar-refractivity contribution is 5.85. The maximum atomic E-state index is 11.8. The Morgan fingerprint density at radius 3 is 2.71 bits per heavy atom. The molecule has 0 radical (unpaired) electrons. The van der Waals surface area contributed by atoms with E-state index in [0.29, 0.717) is 13.1 Å². The van der Waals surface area contributed by atoms with Gasteiger partial charge in [-0.3, -0.25) is 0 Å². The number of rotatable bonds is 1. The predicted molar refractivity (Wildman–Crippen MR) is 68.5 cm³/mol. The molecule has 1 fully saturated rings. The quantitative estimate of drug-likeness (QED) is 0.743. The fraction of sp³-hybridized carbons (Fsp3) is 0.909. The van der Waals surface area contributed by atoms with Gasteiger partial charge in [0.2, 0.25) is 0 Å². The summed E-state index contributed by atoms with van der Waals surface area (Å²) in [6.07, 6.45) is 0.588. The molecule has 1 amide bonds. The Bertz CT molecular complexity index is 243. The molecule has 0 aromatic heterocycles. The summed E-state index contributed by atoms with van der Waals surface area (Å²) in [4.78, 5) is 13.5. The molecule has 2 N–H and O–H groups in total. The van der Waals surface area contributed by atoms with E-state index in [2.05, 4.69) is 5.32 Å². The van der Waals surface area contributed by atoms with E-state index < -0.39 is 5.60 Å². The van der Waals surface area contributed by atoms with Crippen LogP contribution >= 0.6 is 12.4 Å². The van der Waals surface area contributed by atoms with Crippen LogP contribution in [0.2, 0.25) is 0 Å². The third-order valence-electron chi connectivity index (χ3n) is 2.35. The average molecular weight is 267 g/mol. The van der Waals surface area contributed by atoms with Crippen LogP contribution in [0.5, 0.6) is 0 Å². The Hall–Kier alpha value is -0.520. The molecule has 1 heterocycles.